The number of benzene rings is 1. The number of nitrogens with one attached hydrogen (secondary N) is 1. The summed E-state index contributed by atoms with van der Waals surface area (Å²) in [4.78, 5) is 11.6. The van der Waals surface area contributed by atoms with Crippen molar-refractivity contribution in [1.82, 2.24) is 5.32 Å². The van der Waals surface area contributed by atoms with E-state index in [0.717, 1.165) is 17.1 Å². The minimum absolute atomic E-state index is 0.109. The van der Waals surface area contributed by atoms with Crippen LogP contribution in [-0.4, -0.2) is 19.6 Å². The first kappa shape index (κ1) is 15.0. The lowest BCUT2D eigenvalue weighted by molar-refractivity contribution is -0.146. The molecular formula is C14H20ClNO2. The van der Waals surface area contributed by atoms with Gasteiger partial charge in [-0.2, -0.15) is 0 Å². The first-order valence-electron chi connectivity index (χ1n) is 6.07. The summed E-state index contributed by atoms with van der Waals surface area (Å²) in [5, 5.41) is 4.00. The third kappa shape index (κ3) is 4.67. The zero-order valence-electron chi connectivity index (χ0n) is 11.1. The van der Waals surface area contributed by atoms with Crippen molar-refractivity contribution in [2.24, 2.45) is 11.8 Å². The maximum Gasteiger partial charge on any atom is 0.310 e. The minimum atomic E-state index is -0.159. The van der Waals surface area contributed by atoms with E-state index in [9.17, 15) is 4.79 Å². The number of carbonyl (C=O) groups excluding carboxylic acids is 1. The van der Waals surface area contributed by atoms with Crippen molar-refractivity contribution in [2.45, 2.75) is 20.4 Å². The number of halogens is 1. The molecule has 1 rings (SSSR count). The lowest BCUT2D eigenvalue weighted by Gasteiger charge is -2.18. The highest BCUT2D eigenvalue weighted by atomic mass is 35.5. The number of ether oxygens (including phenoxy) is 1. The zero-order chi connectivity index (χ0) is 13.5. The Balaban J connectivity index is 2.43. The Morgan fingerprint density at radius 3 is 2.44 bits per heavy atom. The molecule has 0 aromatic heterocycles. The van der Waals surface area contributed by atoms with Crippen LogP contribution in [0.4, 0.5) is 0 Å². The van der Waals surface area contributed by atoms with Gasteiger partial charge in [0, 0.05) is 18.1 Å². The second-order valence-corrected chi connectivity index (χ2v) is 5.07. The minimum Gasteiger partial charge on any atom is -0.469 e. The highest BCUT2D eigenvalue weighted by molar-refractivity contribution is 6.30. The molecule has 1 aromatic carbocycles. The maximum atomic E-state index is 11.6. The van der Waals surface area contributed by atoms with Gasteiger partial charge in [-0.05, 0) is 23.6 Å². The van der Waals surface area contributed by atoms with E-state index in [0.29, 0.717) is 6.54 Å². The molecule has 3 nitrogen and oxygen atoms in total. The molecule has 0 heterocycles. The van der Waals surface area contributed by atoms with Gasteiger partial charge >= 0.3 is 5.97 Å². The third-order valence-electron chi connectivity index (χ3n) is 2.92. The second kappa shape index (κ2) is 7.39. The summed E-state index contributed by atoms with van der Waals surface area (Å²) in [6, 6.07) is 7.66. The van der Waals surface area contributed by atoms with Gasteiger partial charge in [0.05, 0.1) is 13.0 Å². The summed E-state index contributed by atoms with van der Waals surface area (Å²) in [5.41, 5.74) is 1.15. The molecule has 0 spiro atoms. The van der Waals surface area contributed by atoms with Gasteiger partial charge in [-0.15, -0.1) is 0 Å². The summed E-state index contributed by atoms with van der Waals surface area (Å²) in [5.74, 6) is -0.00826. The Hall–Kier alpha value is -1.06. The van der Waals surface area contributed by atoms with Gasteiger partial charge in [-0.3, -0.25) is 4.79 Å². The van der Waals surface area contributed by atoms with Gasteiger partial charge < -0.3 is 10.1 Å². The van der Waals surface area contributed by atoms with Crippen molar-refractivity contribution in [1.29, 1.82) is 0 Å². The number of carbonyl (C=O) groups is 1. The quantitative estimate of drug-likeness (QED) is 0.807. The molecule has 0 radical (unpaired) electrons. The number of methoxy groups -OCH3 is 1. The molecule has 0 bridgehead atoms. The number of hydrogen-bond donors (Lipinski definition) is 1. The van der Waals surface area contributed by atoms with Crippen LogP contribution in [0.5, 0.6) is 0 Å². The second-order valence-electron chi connectivity index (χ2n) is 4.63. The lowest BCUT2D eigenvalue weighted by atomic mass is 9.96. The van der Waals surface area contributed by atoms with Crippen LogP contribution in [0.2, 0.25) is 5.02 Å². The summed E-state index contributed by atoms with van der Waals surface area (Å²) >= 11 is 5.82. The molecule has 4 heteroatoms. The fraction of sp³-hybridized carbons (Fsp3) is 0.500. The highest BCUT2D eigenvalue weighted by Gasteiger charge is 2.22. The Morgan fingerprint density at radius 1 is 1.33 bits per heavy atom. The third-order valence-corrected chi connectivity index (χ3v) is 3.17. The molecule has 0 aliphatic carbocycles. The molecule has 1 N–H and O–H groups in total. The molecular weight excluding hydrogens is 250 g/mol. The summed E-state index contributed by atoms with van der Waals surface area (Å²) in [7, 11) is 1.43. The fourth-order valence-corrected chi connectivity index (χ4v) is 1.84. The van der Waals surface area contributed by atoms with E-state index in [4.69, 9.17) is 16.3 Å². The molecule has 18 heavy (non-hydrogen) atoms. The van der Waals surface area contributed by atoms with Crippen LogP contribution in [0.25, 0.3) is 0 Å². The van der Waals surface area contributed by atoms with Crippen LogP contribution >= 0.6 is 11.6 Å². The van der Waals surface area contributed by atoms with Crippen molar-refractivity contribution in [2.75, 3.05) is 13.7 Å². The Kier molecular flexibility index (Phi) is 6.16. The average molecular weight is 270 g/mol. The molecule has 1 unspecified atom stereocenters. The van der Waals surface area contributed by atoms with Crippen LogP contribution in [0.1, 0.15) is 19.4 Å². The summed E-state index contributed by atoms with van der Waals surface area (Å²) in [6.45, 7) is 5.38. The van der Waals surface area contributed by atoms with Gasteiger partial charge in [0.15, 0.2) is 0 Å². The molecule has 0 aliphatic rings. The van der Waals surface area contributed by atoms with E-state index in [1.165, 1.54) is 7.11 Å². The fourth-order valence-electron chi connectivity index (χ4n) is 1.72. The van der Waals surface area contributed by atoms with Crippen LogP contribution in [0.15, 0.2) is 24.3 Å². The van der Waals surface area contributed by atoms with Gasteiger partial charge in [-0.25, -0.2) is 0 Å². The Morgan fingerprint density at radius 2 is 1.94 bits per heavy atom. The van der Waals surface area contributed by atoms with Crippen LogP contribution in [-0.2, 0) is 16.1 Å². The van der Waals surface area contributed by atoms with E-state index in [1.807, 2.05) is 38.1 Å². The molecule has 0 aliphatic heterocycles. The molecule has 100 valence electrons. The molecule has 0 saturated carbocycles. The van der Waals surface area contributed by atoms with Gasteiger partial charge in [0.1, 0.15) is 0 Å². The summed E-state index contributed by atoms with van der Waals surface area (Å²) < 4.78 is 4.80. The van der Waals surface area contributed by atoms with Crippen molar-refractivity contribution >= 4 is 17.6 Å². The van der Waals surface area contributed by atoms with Crippen molar-refractivity contribution < 1.29 is 9.53 Å². The van der Waals surface area contributed by atoms with Gasteiger partial charge in [0.25, 0.3) is 0 Å². The number of hydrogen-bond acceptors (Lipinski definition) is 3. The van der Waals surface area contributed by atoms with Crippen LogP contribution in [0.3, 0.4) is 0 Å². The highest BCUT2D eigenvalue weighted by Crippen LogP contribution is 2.12. The predicted octanol–water partition coefficient (Wildman–Crippen LogP) is 2.87. The van der Waals surface area contributed by atoms with E-state index >= 15 is 0 Å². The largest absolute Gasteiger partial charge is 0.469 e. The molecule has 0 saturated heterocycles. The van der Waals surface area contributed by atoms with E-state index in [-0.39, 0.29) is 17.8 Å². The van der Waals surface area contributed by atoms with Crippen LogP contribution < -0.4 is 5.32 Å². The lowest BCUT2D eigenvalue weighted by Crippen LogP contribution is -2.32. The smallest absolute Gasteiger partial charge is 0.310 e. The summed E-state index contributed by atoms with van der Waals surface area (Å²) in [6.07, 6.45) is 0. The van der Waals surface area contributed by atoms with E-state index in [2.05, 4.69) is 5.32 Å². The van der Waals surface area contributed by atoms with Gasteiger partial charge in [0.2, 0.25) is 0 Å². The Labute approximate surface area is 113 Å². The van der Waals surface area contributed by atoms with E-state index in [1.54, 1.807) is 0 Å². The van der Waals surface area contributed by atoms with Gasteiger partial charge in [-0.1, -0.05) is 37.6 Å². The normalized spacial score (nSPS) is 12.5. The number of esters is 1. The van der Waals surface area contributed by atoms with Crippen LogP contribution in [0, 0.1) is 11.8 Å². The average Bonchev–Trinajstić information content (AvgIpc) is 2.35. The topological polar surface area (TPSA) is 38.3 Å². The van der Waals surface area contributed by atoms with Crippen molar-refractivity contribution in [3.63, 3.8) is 0 Å². The molecule has 0 amide bonds. The first-order valence-corrected chi connectivity index (χ1v) is 6.45. The molecule has 1 aromatic rings. The van der Waals surface area contributed by atoms with Crippen molar-refractivity contribution in [3.8, 4) is 0 Å². The number of rotatable bonds is 6. The molecule has 1 atom stereocenters. The zero-order valence-corrected chi connectivity index (χ0v) is 11.8. The monoisotopic (exact) mass is 269 g/mol. The van der Waals surface area contributed by atoms with Crippen molar-refractivity contribution in [3.05, 3.63) is 34.9 Å². The maximum absolute atomic E-state index is 11.6. The standard InChI is InChI=1S/C14H20ClNO2/c1-10(2)13(14(17)18-3)9-16-8-11-4-6-12(15)7-5-11/h4-7,10,13,16H,8-9H2,1-3H3. The predicted molar refractivity (Wildman–Crippen MR) is 73.5 cm³/mol. The molecule has 0 fully saturated rings. The van der Waals surface area contributed by atoms with E-state index < -0.39 is 0 Å². The Bertz CT molecular complexity index is 376. The SMILES string of the molecule is COC(=O)C(CNCc1ccc(Cl)cc1)C(C)C. The first-order chi connectivity index (χ1) is 8.54.